The highest BCUT2D eigenvalue weighted by molar-refractivity contribution is 5.04. The number of nitrogens with zero attached hydrogens (tertiary/aromatic N) is 3. The van der Waals surface area contributed by atoms with Crippen molar-refractivity contribution in [3.05, 3.63) is 11.6 Å². The first-order chi connectivity index (χ1) is 7.20. The van der Waals surface area contributed by atoms with Gasteiger partial charge < -0.3 is 9.88 Å². The molecule has 84 valence electrons. The van der Waals surface area contributed by atoms with E-state index in [1.807, 2.05) is 6.92 Å². The monoisotopic (exact) mass is 208 g/mol. The first kappa shape index (κ1) is 10.6. The molecule has 1 aromatic rings. The van der Waals surface area contributed by atoms with E-state index in [4.69, 9.17) is 0 Å². The highest BCUT2D eigenvalue weighted by atomic mass is 15.3. The van der Waals surface area contributed by atoms with Gasteiger partial charge in [0.05, 0.1) is 0 Å². The van der Waals surface area contributed by atoms with Gasteiger partial charge in [0.25, 0.3) is 0 Å². The van der Waals surface area contributed by atoms with E-state index >= 15 is 0 Å². The number of nitrogens with one attached hydrogen (secondary N) is 1. The van der Waals surface area contributed by atoms with Crippen LogP contribution in [0.25, 0.3) is 0 Å². The van der Waals surface area contributed by atoms with Crippen LogP contribution in [0.3, 0.4) is 0 Å². The maximum atomic E-state index is 4.33. The molecule has 1 aliphatic rings. The van der Waals surface area contributed by atoms with Crippen LogP contribution in [-0.4, -0.2) is 27.9 Å². The van der Waals surface area contributed by atoms with Crippen LogP contribution in [-0.2, 0) is 0 Å². The molecule has 0 bridgehead atoms. The van der Waals surface area contributed by atoms with Crippen molar-refractivity contribution in [3.63, 3.8) is 0 Å². The smallest absolute Gasteiger partial charge is 0.137 e. The number of piperidine rings is 1. The van der Waals surface area contributed by atoms with E-state index in [1.165, 1.54) is 12.8 Å². The van der Waals surface area contributed by atoms with Gasteiger partial charge in [-0.15, -0.1) is 10.2 Å². The van der Waals surface area contributed by atoms with E-state index in [1.54, 1.807) is 0 Å². The minimum Gasteiger partial charge on any atom is -0.316 e. The number of aromatic nitrogens is 3. The first-order valence-corrected chi connectivity index (χ1v) is 5.82. The van der Waals surface area contributed by atoms with Crippen LogP contribution in [0.1, 0.15) is 50.3 Å². The van der Waals surface area contributed by atoms with Crippen molar-refractivity contribution in [1.29, 1.82) is 0 Å². The summed E-state index contributed by atoms with van der Waals surface area (Å²) in [6.07, 6.45) is 2.48. The molecule has 15 heavy (non-hydrogen) atoms. The van der Waals surface area contributed by atoms with Crippen molar-refractivity contribution in [2.75, 3.05) is 13.1 Å². The molecule has 1 unspecified atom stereocenters. The molecule has 1 aromatic heterocycles. The molecular weight excluding hydrogens is 188 g/mol. The molecule has 0 saturated carbocycles. The van der Waals surface area contributed by atoms with Crippen molar-refractivity contribution in [3.8, 4) is 0 Å². The van der Waals surface area contributed by atoms with Gasteiger partial charge in [0.1, 0.15) is 11.6 Å². The highest BCUT2D eigenvalue weighted by Crippen LogP contribution is 2.24. The largest absolute Gasteiger partial charge is 0.316 e. The Kier molecular flexibility index (Phi) is 3.05. The molecule has 0 aliphatic carbocycles. The average Bonchev–Trinajstić information content (AvgIpc) is 2.61. The molecule has 1 fully saturated rings. The van der Waals surface area contributed by atoms with E-state index in [-0.39, 0.29) is 0 Å². The van der Waals surface area contributed by atoms with Gasteiger partial charge in [0.2, 0.25) is 0 Å². The van der Waals surface area contributed by atoms with E-state index in [0.29, 0.717) is 12.0 Å². The summed E-state index contributed by atoms with van der Waals surface area (Å²) < 4.78 is 2.26. The van der Waals surface area contributed by atoms with E-state index < -0.39 is 0 Å². The minimum atomic E-state index is 0.455. The maximum absolute atomic E-state index is 4.33. The first-order valence-electron chi connectivity index (χ1n) is 5.82. The molecule has 1 N–H and O–H groups in total. The summed E-state index contributed by atoms with van der Waals surface area (Å²) in [6, 6.07) is 0.455. The summed E-state index contributed by atoms with van der Waals surface area (Å²) >= 11 is 0. The van der Waals surface area contributed by atoms with Crippen LogP contribution in [0, 0.1) is 6.92 Å². The number of rotatable bonds is 2. The van der Waals surface area contributed by atoms with Crippen molar-refractivity contribution >= 4 is 0 Å². The lowest BCUT2D eigenvalue weighted by atomic mass is 9.98. The molecular formula is C11H20N4. The molecule has 0 radical (unpaired) electrons. The van der Waals surface area contributed by atoms with Gasteiger partial charge in [-0.05, 0) is 40.2 Å². The Labute approximate surface area is 91.1 Å². The third-order valence-corrected chi connectivity index (χ3v) is 3.07. The summed E-state index contributed by atoms with van der Waals surface area (Å²) in [5.74, 6) is 2.74. The van der Waals surface area contributed by atoms with E-state index in [2.05, 4.69) is 33.9 Å². The number of hydrogen-bond donors (Lipinski definition) is 1. The molecule has 1 aliphatic heterocycles. The van der Waals surface area contributed by atoms with Crippen LogP contribution in [0.5, 0.6) is 0 Å². The third-order valence-electron chi connectivity index (χ3n) is 3.07. The Hall–Kier alpha value is -0.900. The van der Waals surface area contributed by atoms with Gasteiger partial charge in [-0.1, -0.05) is 0 Å². The Morgan fingerprint density at radius 2 is 2.20 bits per heavy atom. The molecule has 1 atom stereocenters. The van der Waals surface area contributed by atoms with Gasteiger partial charge in [-0.3, -0.25) is 0 Å². The van der Waals surface area contributed by atoms with Crippen LogP contribution >= 0.6 is 0 Å². The van der Waals surface area contributed by atoms with E-state index in [9.17, 15) is 0 Å². The molecule has 0 aromatic carbocycles. The van der Waals surface area contributed by atoms with Gasteiger partial charge in [0.15, 0.2) is 0 Å². The Bertz CT molecular complexity index is 323. The molecule has 0 spiro atoms. The maximum Gasteiger partial charge on any atom is 0.137 e. The molecule has 2 heterocycles. The zero-order valence-electron chi connectivity index (χ0n) is 9.82. The fraction of sp³-hybridized carbons (Fsp3) is 0.818. The molecule has 4 nitrogen and oxygen atoms in total. The Morgan fingerprint density at radius 1 is 1.40 bits per heavy atom. The third kappa shape index (κ3) is 2.04. The second kappa shape index (κ2) is 4.31. The predicted molar refractivity (Wildman–Crippen MR) is 60.0 cm³/mol. The zero-order chi connectivity index (χ0) is 10.8. The van der Waals surface area contributed by atoms with Crippen LogP contribution in [0.15, 0.2) is 0 Å². The standard InChI is InChI=1S/C11H20N4/c1-8(2)15-9(3)13-14-11(15)10-5-4-6-12-7-10/h8,10,12H,4-7H2,1-3H3. The number of aryl methyl sites for hydroxylation is 1. The number of hydrogen-bond acceptors (Lipinski definition) is 3. The molecule has 0 amide bonds. The van der Waals surface area contributed by atoms with Crippen molar-refractivity contribution in [1.82, 2.24) is 20.1 Å². The van der Waals surface area contributed by atoms with Gasteiger partial charge in [0, 0.05) is 18.5 Å². The fourth-order valence-corrected chi connectivity index (χ4v) is 2.37. The van der Waals surface area contributed by atoms with Gasteiger partial charge in [-0.25, -0.2) is 0 Å². The van der Waals surface area contributed by atoms with Gasteiger partial charge in [-0.2, -0.15) is 0 Å². The van der Waals surface area contributed by atoms with Gasteiger partial charge >= 0.3 is 0 Å². The molecule has 4 heteroatoms. The van der Waals surface area contributed by atoms with Crippen molar-refractivity contribution in [2.45, 2.75) is 45.6 Å². The fourth-order valence-electron chi connectivity index (χ4n) is 2.37. The predicted octanol–water partition coefficient (Wildman–Crippen LogP) is 1.63. The zero-order valence-corrected chi connectivity index (χ0v) is 9.82. The summed E-state index contributed by atoms with van der Waals surface area (Å²) in [7, 11) is 0. The minimum absolute atomic E-state index is 0.455. The quantitative estimate of drug-likeness (QED) is 0.803. The summed E-state index contributed by atoms with van der Waals surface area (Å²) in [6.45, 7) is 8.61. The lowest BCUT2D eigenvalue weighted by Gasteiger charge is -2.24. The van der Waals surface area contributed by atoms with Crippen LogP contribution in [0.4, 0.5) is 0 Å². The Balaban J connectivity index is 2.26. The van der Waals surface area contributed by atoms with Crippen LogP contribution < -0.4 is 5.32 Å². The topological polar surface area (TPSA) is 42.7 Å². The SMILES string of the molecule is Cc1nnc(C2CCCNC2)n1C(C)C. The lowest BCUT2D eigenvalue weighted by molar-refractivity contribution is 0.420. The van der Waals surface area contributed by atoms with Crippen molar-refractivity contribution < 1.29 is 0 Å². The second-order valence-electron chi connectivity index (χ2n) is 4.61. The summed E-state index contributed by atoms with van der Waals surface area (Å²) in [4.78, 5) is 0. The lowest BCUT2D eigenvalue weighted by Crippen LogP contribution is -2.30. The highest BCUT2D eigenvalue weighted by Gasteiger charge is 2.22. The molecule has 2 rings (SSSR count). The normalized spacial score (nSPS) is 22.3. The van der Waals surface area contributed by atoms with Crippen LogP contribution in [0.2, 0.25) is 0 Å². The molecule has 1 saturated heterocycles. The summed E-state index contributed by atoms with van der Waals surface area (Å²) in [5.41, 5.74) is 0. The van der Waals surface area contributed by atoms with Crippen molar-refractivity contribution in [2.24, 2.45) is 0 Å². The average molecular weight is 208 g/mol. The second-order valence-corrected chi connectivity index (χ2v) is 4.61. The summed E-state index contributed by atoms with van der Waals surface area (Å²) in [5, 5.41) is 12.0. The van der Waals surface area contributed by atoms with E-state index in [0.717, 1.165) is 24.7 Å². The Morgan fingerprint density at radius 3 is 2.80 bits per heavy atom.